The van der Waals surface area contributed by atoms with E-state index in [1.165, 1.54) is 17.3 Å². The summed E-state index contributed by atoms with van der Waals surface area (Å²) in [4.78, 5) is 12.7. The van der Waals surface area contributed by atoms with Gasteiger partial charge < -0.3 is 5.32 Å². The van der Waals surface area contributed by atoms with E-state index in [1.54, 1.807) is 4.68 Å². The molecule has 0 unspecified atom stereocenters. The molecular weight excluding hydrogens is 370 g/mol. The first-order valence-electron chi connectivity index (χ1n) is 9.29. The molecule has 7 heteroatoms. The van der Waals surface area contributed by atoms with Crippen LogP contribution in [0, 0.1) is 13.8 Å². The summed E-state index contributed by atoms with van der Waals surface area (Å²) in [5.74, 6) is 0.387. The molecule has 1 amide bonds. The number of aromatic nitrogens is 4. The maximum atomic E-state index is 12.7. The van der Waals surface area contributed by atoms with Gasteiger partial charge in [-0.3, -0.25) is 4.79 Å². The molecule has 0 radical (unpaired) electrons. The summed E-state index contributed by atoms with van der Waals surface area (Å²) in [6, 6.07) is 14.1. The zero-order valence-electron chi connectivity index (χ0n) is 16.8. The number of carbonyl (C=O) groups is 1. The minimum atomic E-state index is -0.348. The van der Waals surface area contributed by atoms with Crippen molar-refractivity contribution in [1.29, 1.82) is 0 Å². The van der Waals surface area contributed by atoms with Gasteiger partial charge in [0.1, 0.15) is 0 Å². The number of tetrazole rings is 1. The molecule has 0 aliphatic rings. The Morgan fingerprint density at radius 2 is 1.68 bits per heavy atom. The van der Waals surface area contributed by atoms with Crippen molar-refractivity contribution in [2.45, 2.75) is 50.9 Å². The van der Waals surface area contributed by atoms with E-state index in [-0.39, 0.29) is 11.2 Å². The van der Waals surface area contributed by atoms with Gasteiger partial charge >= 0.3 is 0 Å². The number of para-hydroxylation sites is 1. The Morgan fingerprint density at radius 3 is 2.29 bits per heavy atom. The minimum absolute atomic E-state index is 0.0768. The number of thioether (sulfide) groups is 1. The van der Waals surface area contributed by atoms with Crippen LogP contribution in [0.4, 0.5) is 5.69 Å². The van der Waals surface area contributed by atoms with Crippen molar-refractivity contribution in [2.24, 2.45) is 0 Å². The molecule has 0 aliphatic carbocycles. The van der Waals surface area contributed by atoms with Crippen LogP contribution in [0.5, 0.6) is 0 Å². The Balaban J connectivity index is 1.74. The molecule has 28 heavy (non-hydrogen) atoms. The standard InChI is InChI=1S/C21H25N5OS/c1-13(2)17-9-11-18(12-10-17)26-21(23-24-25-26)28-16(5)20(27)22-19-14(3)7-6-8-15(19)4/h6-13,16H,1-5H3,(H,22,27)/t16-/m0/s1. The van der Waals surface area contributed by atoms with E-state index in [4.69, 9.17) is 0 Å². The number of aryl methyl sites for hydroxylation is 2. The Kier molecular flexibility index (Phi) is 6.14. The van der Waals surface area contributed by atoms with Gasteiger partial charge in [0.25, 0.3) is 0 Å². The van der Waals surface area contributed by atoms with Gasteiger partial charge in [-0.1, -0.05) is 55.9 Å². The van der Waals surface area contributed by atoms with Crippen molar-refractivity contribution in [3.05, 3.63) is 59.2 Å². The van der Waals surface area contributed by atoms with Crippen LogP contribution in [0.15, 0.2) is 47.6 Å². The van der Waals surface area contributed by atoms with Crippen molar-refractivity contribution < 1.29 is 4.79 Å². The lowest BCUT2D eigenvalue weighted by atomic mass is 10.0. The van der Waals surface area contributed by atoms with E-state index in [0.29, 0.717) is 11.1 Å². The molecule has 0 saturated heterocycles. The monoisotopic (exact) mass is 395 g/mol. The van der Waals surface area contributed by atoms with E-state index < -0.39 is 0 Å². The van der Waals surface area contributed by atoms with E-state index >= 15 is 0 Å². The fourth-order valence-electron chi connectivity index (χ4n) is 2.86. The van der Waals surface area contributed by atoms with Crippen molar-refractivity contribution in [3.8, 4) is 5.69 Å². The van der Waals surface area contributed by atoms with Gasteiger partial charge in [0.15, 0.2) is 0 Å². The topological polar surface area (TPSA) is 72.7 Å². The average molecular weight is 396 g/mol. The van der Waals surface area contributed by atoms with Crippen LogP contribution in [0.1, 0.15) is 43.4 Å². The van der Waals surface area contributed by atoms with Crippen LogP contribution in [0.2, 0.25) is 0 Å². The summed E-state index contributed by atoms with van der Waals surface area (Å²) in [6.07, 6.45) is 0. The Bertz CT molecular complexity index is 945. The zero-order chi connectivity index (χ0) is 20.3. The molecule has 0 bridgehead atoms. The largest absolute Gasteiger partial charge is 0.325 e. The number of hydrogen-bond donors (Lipinski definition) is 1. The lowest BCUT2D eigenvalue weighted by Gasteiger charge is -2.15. The second kappa shape index (κ2) is 8.56. The minimum Gasteiger partial charge on any atom is -0.325 e. The van der Waals surface area contributed by atoms with Crippen LogP contribution in [0.3, 0.4) is 0 Å². The maximum absolute atomic E-state index is 12.7. The molecule has 1 aromatic heterocycles. The molecule has 3 aromatic rings. The van der Waals surface area contributed by atoms with E-state index in [1.807, 2.05) is 51.1 Å². The molecular formula is C21H25N5OS. The summed E-state index contributed by atoms with van der Waals surface area (Å²) in [7, 11) is 0. The highest BCUT2D eigenvalue weighted by Crippen LogP contribution is 2.26. The number of rotatable bonds is 6. The fourth-order valence-corrected chi connectivity index (χ4v) is 3.67. The number of nitrogens with one attached hydrogen (secondary N) is 1. The molecule has 0 aliphatic heterocycles. The molecule has 0 saturated carbocycles. The van der Waals surface area contributed by atoms with Crippen LogP contribution >= 0.6 is 11.8 Å². The first-order chi connectivity index (χ1) is 13.4. The maximum Gasteiger partial charge on any atom is 0.237 e. The summed E-state index contributed by atoms with van der Waals surface area (Å²) >= 11 is 1.34. The first-order valence-corrected chi connectivity index (χ1v) is 10.2. The molecule has 2 aromatic carbocycles. The van der Waals surface area contributed by atoms with Crippen molar-refractivity contribution in [2.75, 3.05) is 5.32 Å². The van der Waals surface area contributed by atoms with Gasteiger partial charge in [-0.05, 0) is 65.9 Å². The normalized spacial score (nSPS) is 12.2. The highest BCUT2D eigenvalue weighted by Gasteiger charge is 2.20. The fraction of sp³-hybridized carbons (Fsp3) is 0.333. The molecule has 0 spiro atoms. The third-order valence-corrected chi connectivity index (χ3v) is 5.66. The van der Waals surface area contributed by atoms with Gasteiger partial charge in [-0.25, -0.2) is 0 Å². The molecule has 3 rings (SSSR count). The van der Waals surface area contributed by atoms with Gasteiger partial charge in [0.05, 0.1) is 10.9 Å². The van der Waals surface area contributed by atoms with E-state index in [0.717, 1.165) is 22.5 Å². The highest BCUT2D eigenvalue weighted by molar-refractivity contribution is 8.00. The quantitative estimate of drug-likeness (QED) is 0.621. The Hall–Kier alpha value is -2.67. The molecule has 1 atom stereocenters. The van der Waals surface area contributed by atoms with Crippen molar-refractivity contribution in [1.82, 2.24) is 20.2 Å². The Morgan fingerprint density at radius 1 is 1.04 bits per heavy atom. The van der Waals surface area contributed by atoms with Gasteiger partial charge in [-0.2, -0.15) is 4.68 Å². The number of anilines is 1. The number of benzene rings is 2. The molecule has 0 fully saturated rings. The molecule has 1 N–H and O–H groups in total. The summed E-state index contributed by atoms with van der Waals surface area (Å²) < 4.78 is 1.66. The van der Waals surface area contributed by atoms with Crippen LogP contribution in [0.25, 0.3) is 5.69 Å². The van der Waals surface area contributed by atoms with Crippen molar-refractivity contribution in [3.63, 3.8) is 0 Å². The summed E-state index contributed by atoms with van der Waals surface area (Å²) in [6.45, 7) is 10.1. The van der Waals surface area contributed by atoms with Crippen LogP contribution < -0.4 is 5.32 Å². The second-order valence-corrected chi connectivity index (χ2v) is 8.44. The SMILES string of the molecule is Cc1cccc(C)c1NC(=O)[C@H](C)Sc1nnnn1-c1ccc(C(C)C)cc1. The van der Waals surface area contributed by atoms with Gasteiger partial charge in [0.2, 0.25) is 11.1 Å². The summed E-state index contributed by atoms with van der Waals surface area (Å²) in [5.41, 5.74) is 5.08. The second-order valence-electron chi connectivity index (χ2n) is 7.14. The Labute approximate surface area is 169 Å². The number of carbonyl (C=O) groups excluding carboxylic acids is 1. The van der Waals surface area contributed by atoms with Crippen LogP contribution in [-0.2, 0) is 4.79 Å². The van der Waals surface area contributed by atoms with Gasteiger partial charge in [0, 0.05) is 5.69 Å². The summed E-state index contributed by atoms with van der Waals surface area (Å²) in [5, 5.41) is 15.2. The lowest BCUT2D eigenvalue weighted by Crippen LogP contribution is -2.23. The zero-order valence-corrected chi connectivity index (χ0v) is 17.6. The third-order valence-electron chi connectivity index (χ3n) is 4.63. The predicted molar refractivity (Wildman–Crippen MR) is 113 cm³/mol. The molecule has 1 heterocycles. The third kappa shape index (κ3) is 4.42. The lowest BCUT2D eigenvalue weighted by molar-refractivity contribution is -0.115. The average Bonchev–Trinajstić information content (AvgIpc) is 3.12. The smallest absolute Gasteiger partial charge is 0.237 e. The molecule has 6 nitrogen and oxygen atoms in total. The predicted octanol–water partition coefficient (Wildman–Crippen LogP) is 4.52. The first kappa shape index (κ1) is 20.1. The highest BCUT2D eigenvalue weighted by atomic mass is 32.2. The number of nitrogens with zero attached hydrogens (tertiary/aromatic N) is 4. The molecule has 146 valence electrons. The van der Waals surface area contributed by atoms with Crippen LogP contribution in [-0.4, -0.2) is 31.4 Å². The number of amides is 1. The number of hydrogen-bond acceptors (Lipinski definition) is 5. The van der Waals surface area contributed by atoms with E-state index in [9.17, 15) is 4.79 Å². The van der Waals surface area contributed by atoms with Crippen molar-refractivity contribution >= 4 is 23.4 Å². The van der Waals surface area contributed by atoms with Gasteiger partial charge in [-0.15, -0.1) is 5.10 Å². The van der Waals surface area contributed by atoms with E-state index in [2.05, 4.69) is 46.8 Å².